The maximum atomic E-state index is 4.50. The molecule has 1 aliphatic heterocycles. The molecular weight excluding hydrogens is 362 g/mol. The summed E-state index contributed by atoms with van der Waals surface area (Å²) in [4.78, 5) is 9.55. The number of tetrazole rings is 1. The highest BCUT2D eigenvalue weighted by Crippen LogP contribution is 2.32. The minimum absolute atomic E-state index is 0.0256. The molecule has 1 atom stereocenters. The van der Waals surface area contributed by atoms with Crippen molar-refractivity contribution in [2.45, 2.75) is 45.7 Å². The number of rotatable bonds is 5. The van der Waals surface area contributed by atoms with Gasteiger partial charge in [-0.15, -0.1) is 5.10 Å². The Hall–Kier alpha value is -2.38. The van der Waals surface area contributed by atoms with Crippen LogP contribution in [-0.4, -0.2) is 67.7 Å². The summed E-state index contributed by atoms with van der Waals surface area (Å²) in [7, 11) is 0. The van der Waals surface area contributed by atoms with Crippen LogP contribution in [0.1, 0.15) is 51.5 Å². The van der Waals surface area contributed by atoms with E-state index in [-0.39, 0.29) is 11.6 Å². The molecule has 1 aromatic carbocycles. The third-order valence-corrected chi connectivity index (χ3v) is 5.63. The highest BCUT2D eigenvalue weighted by molar-refractivity contribution is 5.79. The van der Waals surface area contributed by atoms with Crippen molar-refractivity contribution in [3.8, 4) is 0 Å². The van der Waals surface area contributed by atoms with Crippen molar-refractivity contribution < 1.29 is 0 Å². The predicted molar refractivity (Wildman–Crippen MR) is 115 cm³/mol. The zero-order chi connectivity index (χ0) is 20.4. The Morgan fingerprint density at radius 2 is 1.86 bits per heavy atom. The number of piperazine rings is 1. The first-order valence-electron chi connectivity index (χ1n) is 10.6. The summed E-state index contributed by atoms with van der Waals surface area (Å²) >= 11 is 0. The normalized spacial score (nSPS) is 17.7. The van der Waals surface area contributed by atoms with Gasteiger partial charge in [-0.05, 0) is 67.9 Å². The SMILES string of the molecule is CCCN1CCN(C(c2ccc3ncccc3c2)c2nnnn2C(C)(C)C)CC1. The van der Waals surface area contributed by atoms with E-state index in [0.717, 1.165) is 42.9 Å². The molecule has 0 spiro atoms. The zero-order valence-electron chi connectivity index (χ0n) is 17.9. The summed E-state index contributed by atoms with van der Waals surface area (Å²) in [5.41, 5.74) is 2.05. The summed E-state index contributed by atoms with van der Waals surface area (Å²) in [6.07, 6.45) is 3.04. The van der Waals surface area contributed by atoms with Gasteiger partial charge < -0.3 is 4.90 Å². The highest BCUT2D eigenvalue weighted by atomic mass is 15.6. The Morgan fingerprint density at radius 1 is 1.07 bits per heavy atom. The number of aromatic nitrogens is 5. The van der Waals surface area contributed by atoms with E-state index in [1.54, 1.807) is 0 Å². The van der Waals surface area contributed by atoms with Gasteiger partial charge in [0.25, 0.3) is 0 Å². The molecule has 7 nitrogen and oxygen atoms in total. The Morgan fingerprint density at radius 3 is 2.59 bits per heavy atom. The topological polar surface area (TPSA) is 63.0 Å². The van der Waals surface area contributed by atoms with Crippen LogP contribution in [0.5, 0.6) is 0 Å². The Bertz CT molecular complexity index is 951. The molecule has 0 radical (unpaired) electrons. The maximum Gasteiger partial charge on any atom is 0.173 e. The number of hydrogen-bond donors (Lipinski definition) is 0. The number of nitrogens with zero attached hydrogens (tertiary/aromatic N) is 7. The molecule has 29 heavy (non-hydrogen) atoms. The highest BCUT2D eigenvalue weighted by Gasteiger charge is 2.33. The van der Waals surface area contributed by atoms with E-state index in [4.69, 9.17) is 0 Å². The average Bonchev–Trinajstić information content (AvgIpc) is 3.20. The first kappa shape index (κ1) is 19.9. The lowest BCUT2D eigenvalue weighted by atomic mass is 9.99. The third kappa shape index (κ3) is 4.16. The van der Waals surface area contributed by atoms with Gasteiger partial charge in [0.1, 0.15) is 0 Å². The molecule has 4 rings (SSSR count). The number of benzene rings is 1. The average molecular weight is 394 g/mol. The molecule has 0 aliphatic carbocycles. The van der Waals surface area contributed by atoms with E-state index >= 15 is 0 Å². The summed E-state index contributed by atoms with van der Waals surface area (Å²) in [6, 6.07) is 10.7. The van der Waals surface area contributed by atoms with Crippen LogP contribution in [0.3, 0.4) is 0 Å². The van der Waals surface area contributed by atoms with E-state index < -0.39 is 0 Å². The molecular formula is C22H31N7. The van der Waals surface area contributed by atoms with Gasteiger partial charge in [-0.1, -0.05) is 19.1 Å². The van der Waals surface area contributed by atoms with Crippen LogP contribution in [0.2, 0.25) is 0 Å². The monoisotopic (exact) mass is 393 g/mol. The summed E-state index contributed by atoms with van der Waals surface area (Å²) in [5, 5.41) is 14.0. The van der Waals surface area contributed by atoms with Gasteiger partial charge in [0.15, 0.2) is 5.82 Å². The van der Waals surface area contributed by atoms with E-state index in [1.807, 2.05) is 16.9 Å². The van der Waals surface area contributed by atoms with Crippen LogP contribution < -0.4 is 0 Å². The molecule has 2 aromatic heterocycles. The van der Waals surface area contributed by atoms with Crippen molar-refractivity contribution in [2.75, 3.05) is 32.7 Å². The lowest BCUT2D eigenvalue weighted by Gasteiger charge is -2.39. The van der Waals surface area contributed by atoms with Crippen LogP contribution in [0.4, 0.5) is 0 Å². The van der Waals surface area contributed by atoms with Crippen molar-refractivity contribution in [2.24, 2.45) is 0 Å². The van der Waals surface area contributed by atoms with Crippen LogP contribution in [0.25, 0.3) is 10.9 Å². The fraction of sp³-hybridized carbons (Fsp3) is 0.545. The van der Waals surface area contributed by atoms with Crippen molar-refractivity contribution in [3.63, 3.8) is 0 Å². The number of hydrogen-bond acceptors (Lipinski definition) is 6. The summed E-state index contributed by atoms with van der Waals surface area (Å²) < 4.78 is 1.98. The Balaban J connectivity index is 1.74. The van der Waals surface area contributed by atoms with Crippen LogP contribution in [-0.2, 0) is 5.54 Å². The molecule has 1 saturated heterocycles. The molecule has 3 aromatic rings. The van der Waals surface area contributed by atoms with E-state index in [2.05, 4.69) is 82.3 Å². The summed E-state index contributed by atoms with van der Waals surface area (Å²) in [5.74, 6) is 0.907. The first-order valence-corrected chi connectivity index (χ1v) is 10.6. The van der Waals surface area contributed by atoms with Crippen LogP contribution >= 0.6 is 0 Å². The maximum absolute atomic E-state index is 4.50. The van der Waals surface area contributed by atoms with Crippen molar-refractivity contribution in [1.29, 1.82) is 0 Å². The largest absolute Gasteiger partial charge is 0.301 e. The molecule has 1 unspecified atom stereocenters. The molecule has 1 aliphatic rings. The van der Waals surface area contributed by atoms with Gasteiger partial charge in [0, 0.05) is 37.8 Å². The van der Waals surface area contributed by atoms with Gasteiger partial charge in [0.2, 0.25) is 0 Å². The van der Waals surface area contributed by atoms with Crippen molar-refractivity contribution >= 4 is 10.9 Å². The molecule has 0 amide bonds. The first-order chi connectivity index (χ1) is 14.0. The summed E-state index contributed by atoms with van der Waals surface area (Å²) in [6.45, 7) is 14.0. The van der Waals surface area contributed by atoms with Crippen molar-refractivity contribution in [3.05, 3.63) is 47.9 Å². The molecule has 154 valence electrons. The fourth-order valence-corrected chi connectivity index (χ4v) is 4.19. The molecule has 0 N–H and O–H groups in total. The second kappa shape index (κ2) is 8.16. The van der Waals surface area contributed by atoms with Gasteiger partial charge in [-0.3, -0.25) is 9.88 Å². The Labute approximate surface area is 172 Å². The molecule has 0 bridgehead atoms. The van der Waals surface area contributed by atoms with E-state index in [1.165, 1.54) is 18.5 Å². The third-order valence-electron chi connectivity index (χ3n) is 5.63. The van der Waals surface area contributed by atoms with Gasteiger partial charge in [0.05, 0.1) is 17.1 Å². The second-order valence-corrected chi connectivity index (χ2v) is 8.86. The second-order valence-electron chi connectivity index (χ2n) is 8.86. The Kier molecular flexibility index (Phi) is 5.61. The minimum atomic E-state index is -0.181. The molecule has 0 saturated carbocycles. The lowest BCUT2D eigenvalue weighted by Crippen LogP contribution is -2.48. The van der Waals surface area contributed by atoms with E-state index in [9.17, 15) is 0 Å². The van der Waals surface area contributed by atoms with Gasteiger partial charge >= 0.3 is 0 Å². The van der Waals surface area contributed by atoms with Crippen molar-refractivity contribution in [1.82, 2.24) is 35.0 Å². The van der Waals surface area contributed by atoms with Gasteiger partial charge in [-0.25, -0.2) is 4.68 Å². The molecule has 7 heteroatoms. The lowest BCUT2D eigenvalue weighted by molar-refractivity contribution is 0.102. The van der Waals surface area contributed by atoms with Gasteiger partial charge in [-0.2, -0.15) is 0 Å². The number of fused-ring (bicyclic) bond motifs is 1. The molecule has 3 heterocycles. The molecule has 1 fully saturated rings. The zero-order valence-corrected chi connectivity index (χ0v) is 17.9. The van der Waals surface area contributed by atoms with Crippen LogP contribution in [0.15, 0.2) is 36.5 Å². The minimum Gasteiger partial charge on any atom is -0.301 e. The standard InChI is InChI=1S/C22H31N7/c1-5-11-27-12-14-28(15-13-27)20(21-24-25-26-29(21)22(2,3)4)18-8-9-19-17(16-18)7-6-10-23-19/h6-10,16,20H,5,11-15H2,1-4H3. The van der Waals surface area contributed by atoms with Crippen LogP contribution in [0, 0.1) is 0 Å². The quantitative estimate of drug-likeness (QED) is 0.664. The predicted octanol–water partition coefficient (Wildman–Crippen LogP) is 3.09. The van der Waals surface area contributed by atoms with E-state index in [0.29, 0.717) is 0 Å². The fourth-order valence-electron chi connectivity index (χ4n) is 4.19. The number of pyridine rings is 1. The smallest absolute Gasteiger partial charge is 0.173 e.